The summed E-state index contributed by atoms with van der Waals surface area (Å²) in [6.45, 7) is 0. The average Bonchev–Trinajstić information content (AvgIpc) is 3.12. The molecule has 0 aliphatic heterocycles. The lowest BCUT2D eigenvalue weighted by atomic mass is 9.92. The van der Waals surface area contributed by atoms with Gasteiger partial charge in [0, 0.05) is 38.4 Å². The van der Waals surface area contributed by atoms with Crippen LogP contribution in [0.2, 0.25) is 0 Å². The molecule has 81 heavy (non-hydrogen) atoms. The van der Waals surface area contributed by atoms with E-state index >= 15 is 0 Å². The molecule has 0 atom stereocenters. The summed E-state index contributed by atoms with van der Waals surface area (Å²) in [5.74, 6) is 0. The summed E-state index contributed by atoms with van der Waals surface area (Å²) in [5.41, 5.74) is 18.6. The fourth-order valence-electron chi connectivity index (χ4n) is 13.2. The van der Waals surface area contributed by atoms with Gasteiger partial charge in [-0.1, -0.05) is 279 Å². The first-order valence-corrected chi connectivity index (χ1v) is 30.0. The zero-order valence-electron chi connectivity index (χ0n) is 44.6. The molecule has 0 amide bonds. The van der Waals surface area contributed by atoms with Gasteiger partial charge < -0.3 is 9.13 Å². The highest BCUT2D eigenvalue weighted by atomic mass is 28.3. The molecule has 0 bridgehead atoms. The highest BCUT2D eigenvalue weighted by Crippen LogP contribution is 2.45. The fraction of sp³-hybridized carbons (Fsp3) is 0. The van der Waals surface area contributed by atoms with Gasteiger partial charge in [-0.15, -0.1) is 0 Å². The SMILES string of the molecule is c1ccc(-c2cccc(-c3cccc(-c4cccc(-c5ccccc5)c4)c3-n3c4ccc(-n5c6ccccc6c6c(-c7ccccc7)cccc65)cc4c4c([Si](c5ccccc5)(c5ccccc5)c5ccccc5)cccc43)c2)cc1. The van der Waals surface area contributed by atoms with Gasteiger partial charge in [-0.05, 0) is 114 Å². The van der Waals surface area contributed by atoms with Crippen molar-refractivity contribution in [3.63, 3.8) is 0 Å². The summed E-state index contributed by atoms with van der Waals surface area (Å²) >= 11 is 0. The molecular weight excluding hydrogens is 993 g/mol. The molecule has 0 saturated carbocycles. The molecule has 13 aromatic carbocycles. The molecule has 0 saturated heterocycles. The van der Waals surface area contributed by atoms with E-state index in [1.165, 1.54) is 86.7 Å². The van der Waals surface area contributed by atoms with Crippen LogP contribution in [0, 0.1) is 0 Å². The minimum absolute atomic E-state index is 1.11. The number of fused-ring (bicyclic) bond motifs is 6. The molecule has 2 aromatic heterocycles. The maximum Gasteiger partial charge on any atom is 0.180 e. The van der Waals surface area contributed by atoms with Crippen LogP contribution in [0.5, 0.6) is 0 Å². The maximum atomic E-state index is 2.62. The number of para-hydroxylation sites is 2. The standard InChI is InChI=1S/C78H54N2Si/c1-7-26-55(27-8-1)58-32-21-34-60(52-58)67-44-23-45-68(61-35-22-33-59(53-61)56-28-9-2-10-29-56)78(67)80-72-51-50-62(79-71-46-20-19-42-69(71)76-66(43-24-47-73(76)79)57-30-11-3-12-31-57)54-70(72)77-74(80)48-25-49-75(77)81(63-36-13-4-14-37-63,64-38-15-5-16-39-64)65-40-17-6-18-41-65/h1-54H. The summed E-state index contributed by atoms with van der Waals surface area (Å²) < 4.78 is 5.12. The average molecular weight is 1050 g/mol. The van der Waals surface area contributed by atoms with E-state index < -0.39 is 8.07 Å². The monoisotopic (exact) mass is 1050 g/mol. The van der Waals surface area contributed by atoms with Gasteiger partial charge in [0.15, 0.2) is 8.07 Å². The second-order valence-electron chi connectivity index (χ2n) is 21.1. The summed E-state index contributed by atoms with van der Waals surface area (Å²) in [6.07, 6.45) is 0. The van der Waals surface area contributed by atoms with E-state index in [4.69, 9.17) is 0 Å². The Hall–Kier alpha value is -10.3. The molecule has 0 aliphatic carbocycles. The molecule has 0 aliphatic rings. The third-order valence-electron chi connectivity index (χ3n) is 16.7. The van der Waals surface area contributed by atoms with E-state index in [1.54, 1.807) is 0 Å². The summed E-state index contributed by atoms with van der Waals surface area (Å²) in [7, 11) is -3.15. The van der Waals surface area contributed by atoms with Gasteiger partial charge in [0.05, 0.1) is 27.8 Å². The Morgan fingerprint density at radius 1 is 0.222 bits per heavy atom. The predicted molar refractivity (Wildman–Crippen MR) is 346 cm³/mol. The molecule has 380 valence electrons. The van der Waals surface area contributed by atoms with Crippen molar-refractivity contribution in [3.05, 3.63) is 328 Å². The van der Waals surface area contributed by atoms with Gasteiger partial charge in [0.1, 0.15) is 0 Å². The van der Waals surface area contributed by atoms with E-state index in [0.717, 1.165) is 44.7 Å². The Bertz CT molecular complexity index is 4580. The summed E-state index contributed by atoms with van der Waals surface area (Å²) in [4.78, 5) is 0. The highest BCUT2D eigenvalue weighted by Gasteiger charge is 2.43. The summed E-state index contributed by atoms with van der Waals surface area (Å²) in [6, 6.07) is 122. The van der Waals surface area contributed by atoms with E-state index in [9.17, 15) is 0 Å². The molecule has 2 nitrogen and oxygen atoms in total. The number of benzene rings is 13. The smallest absolute Gasteiger partial charge is 0.180 e. The second kappa shape index (κ2) is 20.2. The Balaban J connectivity index is 1.10. The van der Waals surface area contributed by atoms with Crippen LogP contribution in [0.15, 0.2) is 328 Å². The van der Waals surface area contributed by atoms with E-state index in [0.29, 0.717) is 0 Å². The van der Waals surface area contributed by atoms with E-state index in [1.807, 2.05) is 0 Å². The fourth-order valence-corrected chi connectivity index (χ4v) is 18.2. The van der Waals surface area contributed by atoms with Gasteiger partial charge >= 0.3 is 0 Å². The Labute approximate surface area is 473 Å². The lowest BCUT2D eigenvalue weighted by molar-refractivity contribution is 1.17. The zero-order valence-corrected chi connectivity index (χ0v) is 45.6. The largest absolute Gasteiger partial charge is 0.309 e. The minimum atomic E-state index is -3.15. The number of hydrogen-bond donors (Lipinski definition) is 0. The minimum Gasteiger partial charge on any atom is -0.309 e. The van der Waals surface area contributed by atoms with Crippen molar-refractivity contribution in [3.8, 4) is 67.0 Å². The van der Waals surface area contributed by atoms with Crippen molar-refractivity contribution in [1.29, 1.82) is 0 Å². The van der Waals surface area contributed by atoms with Gasteiger partial charge in [0.25, 0.3) is 0 Å². The van der Waals surface area contributed by atoms with Crippen molar-refractivity contribution in [2.24, 2.45) is 0 Å². The van der Waals surface area contributed by atoms with Crippen LogP contribution < -0.4 is 20.7 Å². The second-order valence-corrected chi connectivity index (χ2v) is 24.9. The molecule has 2 heterocycles. The van der Waals surface area contributed by atoms with Crippen LogP contribution in [0.3, 0.4) is 0 Å². The number of rotatable bonds is 11. The maximum absolute atomic E-state index is 3.15. The Morgan fingerprint density at radius 3 is 1.17 bits per heavy atom. The normalized spacial score (nSPS) is 11.7. The summed E-state index contributed by atoms with van der Waals surface area (Å²) in [5, 5.41) is 10.3. The van der Waals surface area contributed by atoms with Gasteiger partial charge in [0.2, 0.25) is 0 Å². The van der Waals surface area contributed by atoms with E-state index in [-0.39, 0.29) is 0 Å². The molecule has 0 N–H and O–H groups in total. The zero-order chi connectivity index (χ0) is 53.7. The Kier molecular flexibility index (Phi) is 11.9. The molecular formula is C78H54N2Si. The number of aromatic nitrogens is 2. The van der Waals surface area contributed by atoms with Crippen LogP contribution in [0.25, 0.3) is 111 Å². The molecule has 0 radical (unpaired) electrons. The molecule has 0 spiro atoms. The lowest BCUT2D eigenvalue weighted by Crippen LogP contribution is -2.74. The third-order valence-corrected chi connectivity index (χ3v) is 21.5. The van der Waals surface area contributed by atoms with Crippen LogP contribution in [-0.4, -0.2) is 17.2 Å². The van der Waals surface area contributed by atoms with Crippen molar-refractivity contribution < 1.29 is 0 Å². The molecule has 3 heteroatoms. The van der Waals surface area contributed by atoms with Gasteiger partial charge in [-0.25, -0.2) is 0 Å². The highest BCUT2D eigenvalue weighted by molar-refractivity contribution is 7.20. The van der Waals surface area contributed by atoms with E-state index in [2.05, 4.69) is 337 Å². The predicted octanol–water partition coefficient (Wildman–Crippen LogP) is 17.6. The van der Waals surface area contributed by atoms with Crippen molar-refractivity contribution in [1.82, 2.24) is 9.13 Å². The quantitative estimate of drug-likeness (QED) is 0.0902. The topological polar surface area (TPSA) is 9.86 Å². The molecule has 0 unspecified atom stereocenters. The van der Waals surface area contributed by atoms with Crippen LogP contribution in [-0.2, 0) is 0 Å². The number of hydrogen-bond acceptors (Lipinski definition) is 0. The van der Waals surface area contributed by atoms with Crippen molar-refractivity contribution in [2.75, 3.05) is 0 Å². The van der Waals surface area contributed by atoms with Crippen LogP contribution in [0.4, 0.5) is 0 Å². The first-order valence-electron chi connectivity index (χ1n) is 28.0. The molecule has 15 rings (SSSR count). The van der Waals surface area contributed by atoms with Crippen LogP contribution in [0.1, 0.15) is 0 Å². The van der Waals surface area contributed by atoms with Crippen molar-refractivity contribution >= 4 is 72.4 Å². The number of nitrogens with zero attached hydrogens (tertiary/aromatic N) is 2. The third kappa shape index (κ3) is 8.00. The lowest BCUT2D eigenvalue weighted by Gasteiger charge is -2.35. The molecule has 0 fully saturated rings. The van der Waals surface area contributed by atoms with Crippen LogP contribution >= 0.6 is 0 Å². The van der Waals surface area contributed by atoms with Crippen molar-refractivity contribution in [2.45, 2.75) is 0 Å². The molecule has 15 aromatic rings. The van der Waals surface area contributed by atoms with Gasteiger partial charge in [-0.3, -0.25) is 0 Å². The van der Waals surface area contributed by atoms with Gasteiger partial charge in [-0.2, -0.15) is 0 Å². The first-order chi connectivity index (χ1) is 40.2. The Morgan fingerprint density at radius 2 is 0.617 bits per heavy atom. The first kappa shape index (κ1) is 47.9.